The van der Waals surface area contributed by atoms with Crippen molar-refractivity contribution in [1.29, 1.82) is 0 Å². The number of benzene rings is 1. The van der Waals surface area contributed by atoms with Gasteiger partial charge in [0.25, 0.3) is 0 Å². The van der Waals surface area contributed by atoms with Gasteiger partial charge in [-0.2, -0.15) is 0 Å². The normalized spacial score (nSPS) is 11.8. The molecule has 2 rings (SSSR count). The number of nitrogens with zero attached hydrogens (tertiary/aromatic N) is 2. The lowest BCUT2D eigenvalue weighted by atomic mass is 9.95. The van der Waals surface area contributed by atoms with E-state index < -0.39 is 0 Å². The molecule has 0 aliphatic rings. The van der Waals surface area contributed by atoms with Crippen molar-refractivity contribution in [2.45, 2.75) is 52.2 Å². The Morgan fingerprint density at radius 2 is 1.95 bits per heavy atom. The van der Waals surface area contributed by atoms with Gasteiger partial charge in [-0.3, -0.25) is 0 Å². The van der Waals surface area contributed by atoms with Gasteiger partial charge in [0.05, 0.1) is 12.0 Å². The van der Waals surface area contributed by atoms with Gasteiger partial charge in [-0.05, 0) is 39.2 Å². The van der Waals surface area contributed by atoms with Crippen molar-refractivity contribution in [1.82, 2.24) is 14.9 Å². The Bertz CT molecular complexity index is 514. The van der Waals surface area contributed by atoms with E-state index in [1.807, 2.05) is 12.5 Å². The van der Waals surface area contributed by atoms with Crippen LogP contribution in [0.25, 0.3) is 0 Å². The summed E-state index contributed by atoms with van der Waals surface area (Å²) in [5.41, 5.74) is 2.78. The van der Waals surface area contributed by atoms with E-state index in [2.05, 4.69) is 66.0 Å². The topological polar surface area (TPSA) is 29.9 Å². The molecule has 0 aliphatic carbocycles. The highest BCUT2D eigenvalue weighted by molar-refractivity contribution is 5.15. The number of hydrogen-bond donors (Lipinski definition) is 1. The minimum Gasteiger partial charge on any atom is -0.334 e. The van der Waals surface area contributed by atoms with Crippen LogP contribution in [-0.4, -0.2) is 15.1 Å². The molecule has 0 spiro atoms. The van der Waals surface area contributed by atoms with Crippen molar-refractivity contribution in [3.05, 3.63) is 54.1 Å². The minimum atomic E-state index is 0.124. The molecule has 0 unspecified atom stereocenters. The molecule has 2 aromatic rings. The maximum absolute atomic E-state index is 4.21. The molecule has 20 heavy (non-hydrogen) atoms. The fourth-order valence-corrected chi connectivity index (χ4v) is 2.30. The zero-order chi connectivity index (χ0) is 14.4. The van der Waals surface area contributed by atoms with Crippen LogP contribution in [0.2, 0.25) is 0 Å². The molecule has 0 bridgehead atoms. The Morgan fingerprint density at radius 3 is 2.65 bits per heavy atom. The van der Waals surface area contributed by atoms with Crippen LogP contribution in [0.15, 0.2) is 42.9 Å². The largest absolute Gasteiger partial charge is 0.334 e. The molecule has 0 radical (unpaired) electrons. The van der Waals surface area contributed by atoms with E-state index in [0.717, 1.165) is 25.9 Å². The fraction of sp³-hybridized carbons (Fsp3) is 0.471. The third kappa shape index (κ3) is 4.20. The first-order valence-electron chi connectivity index (χ1n) is 7.39. The van der Waals surface area contributed by atoms with Crippen molar-refractivity contribution in [3.63, 3.8) is 0 Å². The number of nitrogens with one attached hydrogen (secondary N) is 1. The summed E-state index contributed by atoms with van der Waals surface area (Å²) in [6.07, 6.45) is 6.07. The summed E-state index contributed by atoms with van der Waals surface area (Å²) >= 11 is 0. The Labute approximate surface area is 122 Å². The van der Waals surface area contributed by atoms with Gasteiger partial charge < -0.3 is 9.88 Å². The quantitative estimate of drug-likeness (QED) is 0.836. The minimum absolute atomic E-state index is 0.124. The van der Waals surface area contributed by atoms with E-state index in [1.165, 1.54) is 11.3 Å². The fourth-order valence-electron chi connectivity index (χ4n) is 2.30. The summed E-state index contributed by atoms with van der Waals surface area (Å²) in [6.45, 7) is 8.52. The van der Waals surface area contributed by atoms with Crippen LogP contribution in [0.4, 0.5) is 0 Å². The third-order valence-corrected chi connectivity index (χ3v) is 3.77. The van der Waals surface area contributed by atoms with Crippen molar-refractivity contribution in [2.75, 3.05) is 0 Å². The van der Waals surface area contributed by atoms with E-state index in [4.69, 9.17) is 0 Å². The average molecular weight is 271 g/mol. The lowest BCUT2D eigenvalue weighted by Gasteiger charge is -2.26. The number of hydrogen-bond acceptors (Lipinski definition) is 2. The van der Waals surface area contributed by atoms with Gasteiger partial charge in [0.15, 0.2) is 0 Å². The molecular formula is C17H25N3. The molecule has 0 saturated heterocycles. The number of aryl methyl sites for hydroxylation is 2. The van der Waals surface area contributed by atoms with Gasteiger partial charge >= 0.3 is 0 Å². The molecule has 0 saturated carbocycles. The lowest BCUT2D eigenvalue weighted by molar-refractivity contribution is 0.355. The van der Waals surface area contributed by atoms with Crippen LogP contribution < -0.4 is 5.32 Å². The van der Waals surface area contributed by atoms with E-state index in [9.17, 15) is 0 Å². The van der Waals surface area contributed by atoms with Crippen molar-refractivity contribution in [3.8, 4) is 0 Å². The summed E-state index contributed by atoms with van der Waals surface area (Å²) in [5.74, 6) is 0. The molecule has 108 valence electrons. The highest BCUT2D eigenvalue weighted by Crippen LogP contribution is 2.14. The first-order valence-corrected chi connectivity index (χ1v) is 7.39. The van der Waals surface area contributed by atoms with Crippen LogP contribution in [0.3, 0.4) is 0 Å². The van der Waals surface area contributed by atoms with Crippen LogP contribution in [-0.2, 0) is 19.5 Å². The number of rotatable bonds is 7. The summed E-state index contributed by atoms with van der Waals surface area (Å²) in [6, 6.07) is 10.7. The summed E-state index contributed by atoms with van der Waals surface area (Å²) in [4.78, 5) is 4.21. The predicted molar refractivity (Wildman–Crippen MR) is 83.6 cm³/mol. The average Bonchev–Trinajstić information content (AvgIpc) is 2.92. The molecule has 3 nitrogen and oxygen atoms in total. The Kier molecular flexibility index (Phi) is 4.96. The molecule has 1 heterocycles. The SMILES string of the molecule is CCn1cncc1CNC(C)(C)CCc1ccccc1. The summed E-state index contributed by atoms with van der Waals surface area (Å²) in [7, 11) is 0. The van der Waals surface area contributed by atoms with Crippen molar-refractivity contribution >= 4 is 0 Å². The molecule has 0 aliphatic heterocycles. The van der Waals surface area contributed by atoms with Gasteiger partial charge in [-0.15, -0.1) is 0 Å². The van der Waals surface area contributed by atoms with Gasteiger partial charge in [0.1, 0.15) is 0 Å². The molecule has 0 amide bonds. The summed E-state index contributed by atoms with van der Waals surface area (Å²) in [5, 5.41) is 3.65. The van der Waals surface area contributed by atoms with Crippen LogP contribution >= 0.6 is 0 Å². The first-order chi connectivity index (χ1) is 9.61. The smallest absolute Gasteiger partial charge is 0.0948 e. The van der Waals surface area contributed by atoms with Crippen molar-refractivity contribution < 1.29 is 0 Å². The molecular weight excluding hydrogens is 246 g/mol. The molecule has 0 atom stereocenters. The molecule has 3 heteroatoms. The Balaban J connectivity index is 1.84. The standard InChI is InChI=1S/C17H25N3/c1-4-20-14-18-12-16(20)13-19-17(2,3)11-10-15-8-6-5-7-9-15/h5-9,12,14,19H,4,10-11,13H2,1-3H3. The molecule has 1 N–H and O–H groups in total. The Morgan fingerprint density at radius 1 is 1.20 bits per heavy atom. The second-order valence-corrected chi connectivity index (χ2v) is 5.89. The van der Waals surface area contributed by atoms with Gasteiger partial charge in [0, 0.05) is 24.8 Å². The van der Waals surface area contributed by atoms with Gasteiger partial charge in [-0.25, -0.2) is 4.98 Å². The molecule has 0 fully saturated rings. The second kappa shape index (κ2) is 6.71. The highest BCUT2D eigenvalue weighted by atomic mass is 15.1. The third-order valence-electron chi connectivity index (χ3n) is 3.77. The zero-order valence-corrected chi connectivity index (χ0v) is 12.8. The highest BCUT2D eigenvalue weighted by Gasteiger charge is 2.17. The van der Waals surface area contributed by atoms with E-state index in [1.54, 1.807) is 0 Å². The first kappa shape index (κ1) is 14.8. The number of imidazole rings is 1. The maximum atomic E-state index is 4.21. The second-order valence-electron chi connectivity index (χ2n) is 5.89. The Hall–Kier alpha value is -1.61. The van der Waals surface area contributed by atoms with E-state index in [0.29, 0.717) is 0 Å². The van der Waals surface area contributed by atoms with Gasteiger partial charge in [0.2, 0.25) is 0 Å². The monoisotopic (exact) mass is 271 g/mol. The van der Waals surface area contributed by atoms with Gasteiger partial charge in [-0.1, -0.05) is 30.3 Å². The van der Waals surface area contributed by atoms with E-state index in [-0.39, 0.29) is 5.54 Å². The van der Waals surface area contributed by atoms with Crippen LogP contribution in [0.1, 0.15) is 38.4 Å². The summed E-state index contributed by atoms with van der Waals surface area (Å²) < 4.78 is 2.18. The number of aromatic nitrogens is 2. The van der Waals surface area contributed by atoms with Crippen molar-refractivity contribution in [2.24, 2.45) is 0 Å². The molecule has 1 aromatic carbocycles. The zero-order valence-electron chi connectivity index (χ0n) is 12.8. The van der Waals surface area contributed by atoms with Crippen LogP contribution in [0.5, 0.6) is 0 Å². The predicted octanol–water partition coefficient (Wildman–Crippen LogP) is 3.40. The molecule has 1 aromatic heterocycles. The van der Waals surface area contributed by atoms with Crippen LogP contribution in [0, 0.1) is 0 Å². The lowest BCUT2D eigenvalue weighted by Crippen LogP contribution is -2.39. The maximum Gasteiger partial charge on any atom is 0.0948 e. The van der Waals surface area contributed by atoms with E-state index >= 15 is 0 Å².